The fraction of sp³-hybridized carbons (Fsp3) is 0.0714. The molecule has 0 heterocycles. The molecule has 2 rings (SSSR count). The summed E-state index contributed by atoms with van der Waals surface area (Å²) in [4.78, 5) is 0. The quantitative estimate of drug-likeness (QED) is 0.470. The van der Waals surface area contributed by atoms with Crippen LogP contribution in [0.4, 0.5) is 0 Å². The molecule has 0 aliphatic carbocycles. The number of aryl methyl sites for hydroxylation is 1. The highest BCUT2D eigenvalue weighted by Crippen LogP contribution is 2.25. The zero-order valence-electron chi connectivity index (χ0n) is 9.46. The Morgan fingerprint density at radius 1 is 1.00 bits per heavy atom. The second-order valence-electron chi connectivity index (χ2n) is 3.88. The van der Waals surface area contributed by atoms with Gasteiger partial charge in [0.15, 0.2) is 0 Å². The minimum atomic E-state index is 0.0960. The van der Waals surface area contributed by atoms with E-state index in [0.29, 0.717) is 5.56 Å². The van der Waals surface area contributed by atoms with Gasteiger partial charge in [0.1, 0.15) is 5.75 Å². The monoisotopic (exact) mass is 227 g/mol. The van der Waals surface area contributed by atoms with Crippen LogP contribution < -0.4 is 0 Å². The van der Waals surface area contributed by atoms with Gasteiger partial charge in [-0.2, -0.15) is 0 Å². The minimum Gasteiger partial charge on any atom is -0.507 e. The van der Waals surface area contributed by atoms with E-state index in [1.807, 2.05) is 37.3 Å². The summed E-state index contributed by atoms with van der Waals surface area (Å²) in [6.07, 6.45) is 1.22. The van der Waals surface area contributed by atoms with Gasteiger partial charge in [0.2, 0.25) is 0 Å². The summed E-state index contributed by atoms with van der Waals surface area (Å²) in [5.74, 6) is 0.0960. The lowest BCUT2D eigenvalue weighted by atomic mass is 10.0. The van der Waals surface area contributed by atoms with E-state index in [2.05, 4.69) is 5.16 Å². The van der Waals surface area contributed by atoms with E-state index in [4.69, 9.17) is 5.21 Å². The Labute approximate surface area is 99.7 Å². The molecule has 0 spiro atoms. The molecule has 0 unspecified atom stereocenters. The molecule has 0 aliphatic heterocycles. The molecule has 0 aromatic heterocycles. The maximum absolute atomic E-state index is 9.55. The van der Waals surface area contributed by atoms with Crippen molar-refractivity contribution in [3.8, 4) is 16.9 Å². The van der Waals surface area contributed by atoms with Gasteiger partial charge in [-0.1, -0.05) is 41.1 Å². The topological polar surface area (TPSA) is 52.8 Å². The van der Waals surface area contributed by atoms with Crippen molar-refractivity contribution in [3.05, 3.63) is 53.6 Å². The van der Waals surface area contributed by atoms with Crippen molar-refractivity contribution in [2.75, 3.05) is 0 Å². The summed E-state index contributed by atoms with van der Waals surface area (Å²) < 4.78 is 0. The summed E-state index contributed by atoms with van der Waals surface area (Å²) in [7, 11) is 0. The fourth-order valence-electron chi connectivity index (χ4n) is 1.65. The Bertz CT molecular complexity index is 545. The molecule has 2 aromatic carbocycles. The maximum atomic E-state index is 9.55. The Kier molecular flexibility index (Phi) is 3.10. The van der Waals surface area contributed by atoms with Crippen LogP contribution in [-0.2, 0) is 0 Å². The normalized spacial score (nSPS) is 10.9. The number of phenols is 1. The zero-order chi connectivity index (χ0) is 12.3. The fourth-order valence-corrected chi connectivity index (χ4v) is 1.65. The lowest BCUT2D eigenvalue weighted by Gasteiger charge is -2.05. The van der Waals surface area contributed by atoms with Crippen molar-refractivity contribution in [2.24, 2.45) is 5.16 Å². The standard InChI is InChI=1S/C14H13NO2/c1-10-2-4-11(5-3-10)12-6-7-14(16)13(8-12)9-15-17/h2-9,16-17H,1H3/b15-9+. The van der Waals surface area contributed by atoms with E-state index in [9.17, 15) is 5.11 Å². The Hall–Kier alpha value is -2.29. The van der Waals surface area contributed by atoms with Gasteiger partial charge < -0.3 is 10.3 Å². The molecule has 0 saturated heterocycles. The number of phenolic OH excluding ortho intramolecular Hbond substituents is 1. The SMILES string of the molecule is Cc1ccc(-c2ccc(O)c(/C=N/O)c2)cc1. The molecule has 0 aliphatic rings. The lowest BCUT2D eigenvalue weighted by Crippen LogP contribution is -1.85. The summed E-state index contributed by atoms with van der Waals surface area (Å²) in [6.45, 7) is 2.03. The molecule has 0 atom stereocenters. The number of rotatable bonds is 2. The highest BCUT2D eigenvalue weighted by Gasteiger charge is 2.02. The van der Waals surface area contributed by atoms with Crippen LogP contribution in [0.5, 0.6) is 5.75 Å². The molecule has 3 nitrogen and oxygen atoms in total. The first-order chi connectivity index (χ1) is 8.20. The van der Waals surface area contributed by atoms with Crippen LogP contribution in [0.2, 0.25) is 0 Å². The summed E-state index contributed by atoms with van der Waals surface area (Å²) in [5.41, 5.74) is 3.72. The molecule has 3 heteroatoms. The first-order valence-corrected chi connectivity index (χ1v) is 5.28. The van der Waals surface area contributed by atoms with E-state index in [-0.39, 0.29) is 5.75 Å². The Morgan fingerprint density at radius 3 is 2.29 bits per heavy atom. The third kappa shape index (κ3) is 2.45. The van der Waals surface area contributed by atoms with Crippen LogP contribution >= 0.6 is 0 Å². The second-order valence-corrected chi connectivity index (χ2v) is 3.88. The molecule has 86 valence electrons. The van der Waals surface area contributed by atoms with Gasteiger partial charge >= 0.3 is 0 Å². The maximum Gasteiger partial charge on any atom is 0.124 e. The van der Waals surface area contributed by atoms with Crippen LogP contribution in [-0.4, -0.2) is 16.5 Å². The summed E-state index contributed by atoms with van der Waals surface area (Å²) >= 11 is 0. The van der Waals surface area contributed by atoms with E-state index >= 15 is 0 Å². The number of hydrogen-bond acceptors (Lipinski definition) is 3. The molecule has 0 saturated carbocycles. The van der Waals surface area contributed by atoms with Crippen molar-refractivity contribution >= 4 is 6.21 Å². The Balaban J connectivity index is 2.46. The molecule has 0 radical (unpaired) electrons. The van der Waals surface area contributed by atoms with Gasteiger partial charge in [0.25, 0.3) is 0 Å². The van der Waals surface area contributed by atoms with Crippen LogP contribution in [0, 0.1) is 6.92 Å². The molecule has 2 aromatic rings. The number of oxime groups is 1. The van der Waals surface area contributed by atoms with Crippen LogP contribution in [0.25, 0.3) is 11.1 Å². The average molecular weight is 227 g/mol. The van der Waals surface area contributed by atoms with Gasteiger partial charge in [-0.3, -0.25) is 0 Å². The van der Waals surface area contributed by atoms with E-state index in [0.717, 1.165) is 11.1 Å². The zero-order valence-corrected chi connectivity index (χ0v) is 9.46. The summed E-state index contributed by atoms with van der Waals surface area (Å²) in [6, 6.07) is 13.3. The largest absolute Gasteiger partial charge is 0.507 e. The number of benzene rings is 2. The molecule has 0 bridgehead atoms. The van der Waals surface area contributed by atoms with Crippen LogP contribution in [0.1, 0.15) is 11.1 Å². The smallest absolute Gasteiger partial charge is 0.124 e. The lowest BCUT2D eigenvalue weighted by molar-refractivity contribution is 0.321. The van der Waals surface area contributed by atoms with Gasteiger partial charge in [-0.15, -0.1) is 0 Å². The average Bonchev–Trinajstić information content (AvgIpc) is 2.33. The molecule has 17 heavy (non-hydrogen) atoms. The number of nitrogens with zero attached hydrogens (tertiary/aromatic N) is 1. The first kappa shape index (κ1) is 11.2. The first-order valence-electron chi connectivity index (χ1n) is 5.28. The second kappa shape index (κ2) is 4.70. The molecule has 2 N–H and O–H groups in total. The van der Waals surface area contributed by atoms with Crippen molar-refractivity contribution in [1.82, 2.24) is 0 Å². The van der Waals surface area contributed by atoms with E-state index in [1.54, 1.807) is 12.1 Å². The van der Waals surface area contributed by atoms with Crippen molar-refractivity contribution < 1.29 is 10.3 Å². The number of aromatic hydroxyl groups is 1. The molecular formula is C14H13NO2. The minimum absolute atomic E-state index is 0.0960. The van der Waals surface area contributed by atoms with Gasteiger partial charge in [0, 0.05) is 5.56 Å². The third-order valence-corrected chi connectivity index (χ3v) is 2.61. The van der Waals surface area contributed by atoms with Crippen LogP contribution in [0.3, 0.4) is 0 Å². The predicted octanol–water partition coefficient (Wildman–Crippen LogP) is 3.18. The summed E-state index contributed by atoms with van der Waals surface area (Å²) in [5, 5.41) is 21.0. The van der Waals surface area contributed by atoms with Gasteiger partial charge in [-0.05, 0) is 30.2 Å². The molecule has 0 amide bonds. The van der Waals surface area contributed by atoms with Crippen molar-refractivity contribution in [2.45, 2.75) is 6.92 Å². The highest BCUT2D eigenvalue weighted by molar-refractivity contribution is 5.85. The van der Waals surface area contributed by atoms with Gasteiger partial charge in [-0.25, -0.2) is 0 Å². The van der Waals surface area contributed by atoms with E-state index < -0.39 is 0 Å². The third-order valence-electron chi connectivity index (χ3n) is 2.61. The molecule has 0 fully saturated rings. The van der Waals surface area contributed by atoms with Crippen molar-refractivity contribution in [3.63, 3.8) is 0 Å². The van der Waals surface area contributed by atoms with Gasteiger partial charge in [0.05, 0.1) is 6.21 Å². The Morgan fingerprint density at radius 2 is 1.65 bits per heavy atom. The van der Waals surface area contributed by atoms with Crippen molar-refractivity contribution in [1.29, 1.82) is 0 Å². The van der Waals surface area contributed by atoms with E-state index in [1.165, 1.54) is 11.8 Å². The predicted molar refractivity (Wildman–Crippen MR) is 67.7 cm³/mol. The van der Waals surface area contributed by atoms with Crippen LogP contribution in [0.15, 0.2) is 47.6 Å². The number of hydrogen-bond donors (Lipinski definition) is 2. The highest BCUT2D eigenvalue weighted by atomic mass is 16.4. The molecular weight excluding hydrogens is 214 g/mol.